The molecule has 1 aliphatic heterocycles. The number of nitrogens with zero attached hydrogens (tertiary/aromatic N) is 5. The molecule has 2 fully saturated rings. The number of piperazine rings is 1. The Balaban J connectivity index is 1.01. The number of aromatic nitrogens is 3. The van der Waals surface area contributed by atoms with Gasteiger partial charge in [0.2, 0.25) is 11.8 Å². The summed E-state index contributed by atoms with van der Waals surface area (Å²) in [5, 5.41) is 9.86. The Kier molecular flexibility index (Phi) is 8.42. The Bertz CT molecular complexity index is 1520. The number of carbonyl (C=O) groups excluding carboxylic acids is 2. The van der Waals surface area contributed by atoms with Crippen LogP contribution in [0.15, 0.2) is 90.1 Å². The van der Waals surface area contributed by atoms with Crippen LogP contribution in [0.25, 0.3) is 17.1 Å². The lowest BCUT2D eigenvalue weighted by molar-refractivity contribution is -0.143. The average molecular weight is 580 g/mol. The molecule has 0 spiro atoms. The molecule has 3 unspecified atom stereocenters. The summed E-state index contributed by atoms with van der Waals surface area (Å²) in [5.74, 6) is 2.39. The third-order valence-electron chi connectivity index (χ3n) is 8.32. The molecule has 3 aromatic carbocycles. The van der Waals surface area contributed by atoms with Crippen LogP contribution in [0.4, 0.5) is 0 Å². The van der Waals surface area contributed by atoms with Gasteiger partial charge in [-0.05, 0) is 50.3 Å². The molecule has 0 N–H and O–H groups in total. The van der Waals surface area contributed by atoms with E-state index < -0.39 is 0 Å². The summed E-state index contributed by atoms with van der Waals surface area (Å²) in [6.45, 7) is 5.96. The molecule has 4 aromatic rings. The highest BCUT2D eigenvalue weighted by Crippen LogP contribution is 2.48. The molecule has 0 bridgehead atoms. The fourth-order valence-electron chi connectivity index (χ4n) is 5.87. The number of rotatable bonds is 9. The highest BCUT2D eigenvalue weighted by Gasteiger charge is 2.47. The number of hydrogen-bond acceptors (Lipinski definition) is 5. The highest BCUT2D eigenvalue weighted by atomic mass is 32.2. The van der Waals surface area contributed by atoms with Crippen molar-refractivity contribution >= 4 is 23.6 Å². The van der Waals surface area contributed by atoms with Crippen molar-refractivity contribution in [2.24, 2.45) is 5.92 Å². The van der Waals surface area contributed by atoms with Gasteiger partial charge in [-0.3, -0.25) is 14.2 Å². The predicted octanol–water partition coefficient (Wildman–Crippen LogP) is 5.98. The van der Waals surface area contributed by atoms with Crippen LogP contribution in [-0.2, 0) is 9.59 Å². The van der Waals surface area contributed by atoms with Gasteiger partial charge in [-0.1, -0.05) is 90.1 Å². The molecule has 42 heavy (non-hydrogen) atoms. The monoisotopic (exact) mass is 579 g/mol. The highest BCUT2D eigenvalue weighted by molar-refractivity contribution is 7.99. The van der Waals surface area contributed by atoms with Crippen molar-refractivity contribution in [2.45, 2.75) is 50.2 Å². The summed E-state index contributed by atoms with van der Waals surface area (Å²) in [7, 11) is 0. The van der Waals surface area contributed by atoms with Gasteiger partial charge >= 0.3 is 0 Å². The molecule has 2 aliphatic rings. The van der Waals surface area contributed by atoms with Crippen LogP contribution in [-0.4, -0.2) is 67.8 Å². The van der Waals surface area contributed by atoms with Crippen LogP contribution in [0.1, 0.15) is 43.2 Å². The minimum Gasteiger partial charge on any atom is -0.339 e. The van der Waals surface area contributed by atoms with E-state index in [1.807, 2.05) is 58.3 Å². The van der Waals surface area contributed by atoms with Crippen molar-refractivity contribution in [3.05, 3.63) is 96.1 Å². The number of hydrogen-bond donors (Lipinski definition) is 0. The summed E-state index contributed by atoms with van der Waals surface area (Å²) >= 11 is 1.63. The van der Waals surface area contributed by atoms with E-state index >= 15 is 0 Å². The largest absolute Gasteiger partial charge is 0.339 e. The van der Waals surface area contributed by atoms with E-state index in [1.165, 1.54) is 11.1 Å². The van der Waals surface area contributed by atoms with Crippen molar-refractivity contribution in [3.63, 3.8) is 0 Å². The molecule has 1 saturated heterocycles. The maximum atomic E-state index is 13.2. The van der Waals surface area contributed by atoms with E-state index in [0.29, 0.717) is 32.0 Å². The molecule has 1 aliphatic carbocycles. The number of carbonyl (C=O) groups is 2. The van der Waals surface area contributed by atoms with Gasteiger partial charge in [-0.2, -0.15) is 0 Å². The zero-order valence-corrected chi connectivity index (χ0v) is 25.0. The van der Waals surface area contributed by atoms with Gasteiger partial charge < -0.3 is 9.80 Å². The van der Waals surface area contributed by atoms with Crippen LogP contribution < -0.4 is 0 Å². The number of aryl methyl sites for hydroxylation is 1. The van der Waals surface area contributed by atoms with Crippen molar-refractivity contribution in [2.75, 3.05) is 25.4 Å². The molecule has 1 saturated carbocycles. The van der Waals surface area contributed by atoms with Crippen LogP contribution in [0, 0.1) is 12.8 Å². The van der Waals surface area contributed by atoms with Gasteiger partial charge in [0.1, 0.15) is 0 Å². The molecule has 8 heteroatoms. The summed E-state index contributed by atoms with van der Waals surface area (Å²) in [6, 6.07) is 28.8. The Labute approximate surface area is 251 Å². The van der Waals surface area contributed by atoms with Gasteiger partial charge in [0.25, 0.3) is 0 Å². The average Bonchev–Trinajstić information content (AvgIpc) is 3.72. The molecular formula is C34H37N5O2S. The minimum absolute atomic E-state index is 0.0334. The van der Waals surface area contributed by atoms with Crippen molar-refractivity contribution in [1.29, 1.82) is 0 Å². The minimum atomic E-state index is 0.0334. The summed E-state index contributed by atoms with van der Waals surface area (Å²) < 4.78 is 2.10. The zero-order chi connectivity index (χ0) is 29.1. The second-order valence-electron chi connectivity index (χ2n) is 11.4. The summed E-state index contributed by atoms with van der Waals surface area (Å²) in [5.41, 5.74) is 4.48. The van der Waals surface area contributed by atoms with E-state index in [9.17, 15) is 9.59 Å². The maximum absolute atomic E-state index is 13.2. The second kappa shape index (κ2) is 12.5. The first kappa shape index (κ1) is 28.2. The normalized spacial score (nSPS) is 20.0. The Hall–Kier alpha value is -3.91. The van der Waals surface area contributed by atoms with Crippen LogP contribution in [0.2, 0.25) is 0 Å². The van der Waals surface area contributed by atoms with E-state index in [0.717, 1.165) is 40.8 Å². The molecule has 1 aromatic heterocycles. The molecule has 0 radical (unpaired) electrons. The zero-order valence-electron chi connectivity index (χ0n) is 24.2. The number of benzene rings is 3. The molecule has 3 atom stereocenters. The molecule has 216 valence electrons. The standard InChI is InChI=1S/C34H37N5O2S/c1-24-15-17-28(18-16-24)39-32(27-12-7-4-8-13-27)35-36-34(39)42-21-9-14-31(40)37-19-20-38(25(2)23-37)33(41)30-22-29(30)26-10-5-3-6-11-26/h3-8,10-13,15-18,25,29-30H,9,14,19-23H2,1-2H3. The second-order valence-corrected chi connectivity index (χ2v) is 12.4. The Morgan fingerprint density at radius 3 is 2.33 bits per heavy atom. The third-order valence-corrected chi connectivity index (χ3v) is 9.34. The quantitative estimate of drug-likeness (QED) is 0.180. The van der Waals surface area contributed by atoms with Crippen LogP contribution >= 0.6 is 11.8 Å². The summed E-state index contributed by atoms with van der Waals surface area (Å²) in [6.07, 6.45) is 2.16. The van der Waals surface area contributed by atoms with Crippen molar-refractivity contribution in [1.82, 2.24) is 24.6 Å². The Morgan fingerprint density at radius 2 is 1.62 bits per heavy atom. The van der Waals surface area contributed by atoms with E-state index in [-0.39, 0.29) is 23.8 Å². The first-order chi connectivity index (χ1) is 20.5. The molecule has 2 heterocycles. The number of thioether (sulfide) groups is 1. The van der Waals surface area contributed by atoms with Crippen LogP contribution in [0.5, 0.6) is 0 Å². The smallest absolute Gasteiger partial charge is 0.226 e. The lowest BCUT2D eigenvalue weighted by Gasteiger charge is -2.40. The molecule has 2 amide bonds. The Morgan fingerprint density at radius 1 is 0.905 bits per heavy atom. The third kappa shape index (κ3) is 6.14. The number of amides is 2. The maximum Gasteiger partial charge on any atom is 0.226 e. The van der Waals surface area contributed by atoms with Gasteiger partial charge in [-0.15, -0.1) is 10.2 Å². The van der Waals surface area contributed by atoms with Gasteiger partial charge in [0.05, 0.1) is 0 Å². The molecular weight excluding hydrogens is 542 g/mol. The fraction of sp³-hybridized carbons (Fsp3) is 0.353. The van der Waals surface area contributed by atoms with Gasteiger partial charge in [0.15, 0.2) is 11.0 Å². The molecule has 7 nitrogen and oxygen atoms in total. The van der Waals surface area contributed by atoms with E-state index in [4.69, 9.17) is 0 Å². The van der Waals surface area contributed by atoms with Crippen molar-refractivity contribution in [3.8, 4) is 17.1 Å². The SMILES string of the molecule is Cc1ccc(-n2c(SCCCC(=O)N3CCN(C(=O)C4CC4c4ccccc4)C(C)C3)nnc2-c2ccccc2)cc1. The van der Waals surface area contributed by atoms with E-state index in [1.54, 1.807) is 11.8 Å². The lowest BCUT2D eigenvalue weighted by atomic mass is 10.1. The first-order valence-corrected chi connectivity index (χ1v) is 15.8. The lowest BCUT2D eigenvalue weighted by Crippen LogP contribution is -2.55. The van der Waals surface area contributed by atoms with Gasteiger partial charge in [0, 0.05) is 55.0 Å². The van der Waals surface area contributed by atoms with Crippen LogP contribution in [0.3, 0.4) is 0 Å². The predicted molar refractivity (Wildman–Crippen MR) is 167 cm³/mol. The van der Waals surface area contributed by atoms with E-state index in [2.05, 4.69) is 65.0 Å². The topological polar surface area (TPSA) is 71.3 Å². The first-order valence-electron chi connectivity index (χ1n) is 14.8. The summed E-state index contributed by atoms with van der Waals surface area (Å²) in [4.78, 5) is 30.3. The van der Waals surface area contributed by atoms with Gasteiger partial charge in [-0.25, -0.2) is 0 Å². The van der Waals surface area contributed by atoms with Crippen molar-refractivity contribution < 1.29 is 9.59 Å². The fourth-order valence-corrected chi connectivity index (χ4v) is 6.76. The molecule has 6 rings (SSSR count).